The van der Waals surface area contributed by atoms with Crippen LogP contribution in [0.15, 0.2) is 0 Å². The Balaban J connectivity index is 1.45. The first kappa shape index (κ1) is 10.6. The van der Waals surface area contributed by atoms with Crippen molar-refractivity contribution >= 4 is 15.9 Å². The summed E-state index contributed by atoms with van der Waals surface area (Å²) in [5.74, 6) is 20.2. The molecule has 2 heteroatoms. The Labute approximate surface area is 144 Å². The van der Waals surface area contributed by atoms with Gasteiger partial charge in [0.05, 0.1) is 5.60 Å². The summed E-state index contributed by atoms with van der Waals surface area (Å²) in [4.78, 5) is 0. The normalized spacial score (nSPS) is 102. The molecule has 12 saturated carbocycles. The molecular weight excluding hydrogens is 348 g/mol. The summed E-state index contributed by atoms with van der Waals surface area (Å²) in [7, 11) is 2.15. The quantitative estimate of drug-likeness (QED) is 0.646. The van der Waals surface area contributed by atoms with E-state index >= 15 is 0 Å². The van der Waals surface area contributed by atoms with Crippen molar-refractivity contribution in [2.45, 2.75) is 9.93 Å². The first-order chi connectivity index (χ1) is 11.3. The Hall–Kier alpha value is 0.440. The second-order valence-corrected chi connectivity index (χ2v) is 13.3. The molecule has 0 amide bonds. The summed E-state index contributed by atoms with van der Waals surface area (Å²) in [6, 6.07) is 0. The topological polar surface area (TPSA) is 9.23 Å². The van der Waals surface area contributed by atoms with Gasteiger partial charge in [-0.25, -0.2) is 0 Å². The zero-order valence-electron chi connectivity index (χ0n) is 13.2. The maximum atomic E-state index is 6.73. The molecule has 20 atom stereocenters. The van der Waals surface area contributed by atoms with Gasteiger partial charge in [0.1, 0.15) is 0 Å². The monoisotopic (exact) mass is 368 g/mol. The van der Waals surface area contributed by atoms with Crippen molar-refractivity contribution in [3.05, 3.63) is 0 Å². The minimum absolute atomic E-state index is 0.414. The lowest BCUT2D eigenvalue weighted by atomic mass is 9.74. The summed E-state index contributed by atoms with van der Waals surface area (Å²) >= 11 is 4.61. The van der Waals surface area contributed by atoms with Gasteiger partial charge in [-0.1, -0.05) is 15.9 Å². The van der Waals surface area contributed by atoms with Gasteiger partial charge in [-0.05, 0) is 107 Å². The van der Waals surface area contributed by atoms with E-state index in [2.05, 4.69) is 23.0 Å². The SMILES string of the molecule is COC12C3[C@@H]4[C@H]5C6[C@@H]7[C@@H]8C9[C@@H]%10[C@@H]%11C([C@H]5[C@@H]3[C@H]%11C1[C@H]%10[C@H]8C2[C@H]74)C69Br. The van der Waals surface area contributed by atoms with Crippen LogP contribution in [0.4, 0.5) is 0 Å². The molecule has 0 radical (unpaired) electrons. The number of ether oxygens (including phenoxy) is 1. The highest BCUT2D eigenvalue weighted by molar-refractivity contribution is 9.10. The van der Waals surface area contributed by atoms with Gasteiger partial charge in [-0.2, -0.15) is 0 Å². The zero-order valence-corrected chi connectivity index (χ0v) is 14.8. The number of alkyl halides is 1. The molecular formula is C21H21BrO. The summed E-state index contributed by atoms with van der Waals surface area (Å²) in [6.45, 7) is 0. The molecule has 0 aromatic rings. The number of hydrogen-bond acceptors (Lipinski definition) is 1. The molecule has 12 fully saturated rings. The van der Waals surface area contributed by atoms with E-state index in [-0.39, 0.29) is 0 Å². The molecule has 12 aliphatic rings. The Bertz CT molecular complexity index is 672. The zero-order chi connectivity index (χ0) is 14.1. The summed E-state index contributed by atoms with van der Waals surface area (Å²) in [5, 5.41) is 0. The lowest BCUT2D eigenvalue weighted by Crippen LogP contribution is -2.46. The average Bonchev–Trinajstić information content (AvgIpc) is 3.23. The van der Waals surface area contributed by atoms with Crippen molar-refractivity contribution in [1.82, 2.24) is 0 Å². The van der Waals surface area contributed by atoms with E-state index in [1.165, 1.54) is 0 Å². The highest BCUT2D eigenvalue weighted by Crippen LogP contribution is 3.04. The van der Waals surface area contributed by atoms with E-state index in [1.54, 1.807) is 0 Å². The molecule has 0 bridgehead atoms. The van der Waals surface area contributed by atoms with Crippen molar-refractivity contribution in [1.29, 1.82) is 0 Å². The predicted molar refractivity (Wildman–Crippen MR) is 84.2 cm³/mol. The van der Waals surface area contributed by atoms with Crippen LogP contribution in [0.1, 0.15) is 0 Å². The molecule has 8 unspecified atom stereocenters. The molecule has 12 rings (SSSR count). The van der Waals surface area contributed by atoms with Crippen LogP contribution in [0.5, 0.6) is 0 Å². The van der Waals surface area contributed by atoms with Gasteiger partial charge < -0.3 is 4.74 Å². The van der Waals surface area contributed by atoms with Crippen LogP contribution >= 0.6 is 15.9 Å². The minimum atomic E-state index is 0.414. The Morgan fingerprint density at radius 1 is 0.522 bits per heavy atom. The second kappa shape index (κ2) is 2.27. The maximum absolute atomic E-state index is 6.73. The van der Waals surface area contributed by atoms with Crippen LogP contribution in [-0.2, 0) is 4.74 Å². The first-order valence-corrected chi connectivity index (χ1v) is 11.3. The fraction of sp³-hybridized carbons (Fsp3) is 1.00. The average molecular weight is 369 g/mol. The highest BCUT2D eigenvalue weighted by atomic mass is 79.9. The molecule has 23 heavy (non-hydrogen) atoms. The van der Waals surface area contributed by atoms with Crippen LogP contribution in [0.2, 0.25) is 0 Å². The van der Waals surface area contributed by atoms with E-state index in [4.69, 9.17) is 4.74 Å². The van der Waals surface area contributed by atoms with Crippen molar-refractivity contribution in [3.8, 4) is 0 Å². The molecule has 0 spiro atoms. The second-order valence-electron chi connectivity index (χ2n) is 12.0. The Morgan fingerprint density at radius 2 is 0.783 bits per heavy atom. The molecule has 0 aliphatic heterocycles. The lowest BCUT2D eigenvalue weighted by molar-refractivity contribution is -0.0889. The van der Waals surface area contributed by atoms with Gasteiger partial charge in [0.15, 0.2) is 0 Å². The van der Waals surface area contributed by atoms with Gasteiger partial charge in [0.2, 0.25) is 0 Å². The molecule has 0 aromatic carbocycles. The number of rotatable bonds is 1. The molecule has 118 valence electrons. The third-order valence-corrected chi connectivity index (χ3v) is 15.3. The third kappa shape index (κ3) is 0.511. The van der Waals surface area contributed by atoms with Gasteiger partial charge >= 0.3 is 0 Å². The summed E-state index contributed by atoms with van der Waals surface area (Å²) in [5.41, 5.74) is 0.414. The number of halogens is 1. The van der Waals surface area contributed by atoms with Crippen LogP contribution < -0.4 is 0 Å². The van der Waals surface area contributed by atoms with E-state index in [1.807, 2.05) is 0 Å². The molecule has 12 aliphatic carbocycles. The fourth-order valence-corrected chi connectivity index (χ4v) is 17.5. The van der Waals surface area contributed by atoms with Crippen LogP contribution in [0, 0.1) is 107 Å². The smallest absolute Gasteiger partial charge is 0.0779 e. The molecule has 0 heterocycles. The summed E-state index contributed by atoms with van der Waals surface area (Å²) in [6.07, 6.45) is 0. The maximum Gasteiger partial charge on any atom is 0.0779 e. The van der Waals surface area contributed by atoms with Gasteiger partial charge in [-0.3, -0.25) is 0 Å². The van der Waals surface area contributed by atoms with Crippen LogP contribution in [0.3, 0.4) is 0 Å². The number of hydrogen-bond donors (Lipinski definition) is 0. The van der Waals surface area contributed by atoms with E-state index < -0.39 is 0 Å². The Morgan fingerprint density at radius 3 is 1.04 bits per heavy atom. The number of methoxy groups -OCH3 is 1. The van der Waals surface area contributed by atoms with Crippen molar-refractivity contribution in [2.75, 3.05) is 7.11 Å². The molecule has 0 saturated heterocycles. The van der Waals surface area contributed by atoms with E-state index in [9.17, 15) is 0 Å². The minimum Gasteiger partial charge on any atom is -0.377 e. The highest BCUT2D eigenvalue weighted by Gasteiger charge is 3.04. The van der Waals surface area contributed by atoms with Crippen LogP contribution in [-0.4, -0.2) is 17.0 Å². The standard InChI is InChI=1S/C21H21BrO/c1-23-21-17-8-2-3-9(17)11-6-7-13(19(11)21)12-5-4(10(8)18(12)21)14(2)20(22,15(3)6)16(5)7/h2-19H,1H3/t2-,3+,4+,5-,6-,7+,8-,9-,10+,11-,12-,13+,14?,15?,16?,17?,18?,19?,20?,21?/m1/s1. The van der Waals surface area contributed by atoms with Crippen LogP contribution in [0.25, 0.3) is 0 Å². The van der Waals surface area contributed by atoms with E-state index in [0.717, 1.165) is 107 Å². The predicted octanol–water partition coefficient (Wildman–Crippen LogP) is 2.75. The summed E-state index contributed by atoms with van der Waals surface area (Å²) < 4.78 is 7.39. The van der Waals surface area contributed by atoms with E-state index in [0.29, 0.717) is 9.93 Å². The van der Waals surface area contributed by atoms with Crippen molar-refractivity contribution in [2.24, 2.45) is 107 Å². The molecule has 0 N–H and O–H groups in total. The van der Waals surface area contributed by atoms with Gasteiger partial charge in [-0.15, -0.1) is 0 Å². The fourth-order valence-electron chi connectivity index (χ4n) is 15.7. The Kier molecular flexibility index (Phi) is 1.04. The van der Waals surface area contributed by atoms with Crippen molar-refractivity contribution in [3.63, 3.8) is 0 Å². The molecule has 0 aromatic heterocycles. The molecule has 1 nitrogen and oxygen atoms in total. The third-order valence-electron chi connectivity index (χ3n) is 13.8. The van der Waals surface area contributed by atoms with Crippen molar-refractivity contribution < 1.29 is 4.74 Å². The first-order valence-electron chi connectivity index (χ1n) is 10.5. The van der Waals surface area contributed by atoms with Gasteiger partial charge in [0.25, 0.3) is 0 Å². The lowest BCUT2D eigenvalue weighted by Gasteiger charge is -2.41. The van der Waals surface area contributed by atoms with Gasteiger partial charge in [0, 0.05) is 11.4 Å². The largest absolute Gasteiger partial charge is 0.377 e.